The van der Waals surface area contributed by atoms with E-state index >= 15 is 0 Å². The molecule has 0 aromatic carbocycles. The van der Waals surface area contributed by atoms with Gasteiger partial charge in [-0.2, -0.15) is 0 Å². The van der Waals surface area contributed by atoms with Gasteiger partial charge in [0.05, 0.1) is 0 Å². The summed E-state index contributed by atoms with van der Waals surface area (Å²) < 4.78 is 0. The van der Waals surface area contributed by atoms with Crippen molar-refractivity contribution < 1.29 is 4.79 Å². The Bertz CT molecular complexity index is 460. The van der Waals surface area contributed by atoms with Gasteiger partial charge in [0.1, 0.15) is 12.4 Å². The van der Waals surface area contributed by atoms with Crippen molar-refractivity contribution in [3.63, 3.8) is 0 Å². The molecule has 1 heterocycles. The number of carbonyl (C=O) groups is 1. The molecule has 0 saturated heterocycles. The van der Waals surface area contributed by atoms with Crippen LogP contribution in [0.3, 0.4) is 0 Å². The Morgan fingerprint density at radius 1 is 1.33 bits per heavy atom. The molecule has 0 atom stereocenters. The number of aliphatic imine (C=N–C) groups is 1. The third-order valence-electron chi connectivity index (χ3n) is 3.28. The van der Waals surface area contributed by atoms with Crippen molar-refractivity contribution in [3.8, 4) is 0 Å². The van der Waals surface area contributed by atoms with E-state index in [4.69, 9.17) is 5.73 Å². The number of hydrogen-bond acceptors (Lipinski definition) is 3. The molecule has 1 aromatic rings. The smallest absolute Gasteiger partial charge is 0.242 e. The van der Waals surface area contributed by atoms with Gasteiger partial charge in [0.2, 0.25) is 5.91 Å². The molecule has 1 saturated carbocycles. The van der Waals surface area contributed by atoms with Gasteiger partial charge in [-0.05, 0) is 25.0 Å². The second-order valence-corrected chi connectivity index (χ2v) is 4.94. The summed E-state index contributed by atoms with van der Waals surface area (Å²) in [7, 11) is 0. The summed E-state index contributed by atoms with van der Waals surface area (Å²) in [6.45, 7) is 0.0438. The topological polar surface area (TPSA) is 92.4 Å². The maximum atomic E-state index is 11.8. The van der Waals surface area contributed by atoms with Gasteiger partial charge < -0.3 is 16.4 Å². The van der Waals surface area contributed by atoms with E-state index in [0.29, 0.717) is 11.9 Å². The quantitative estimate of drug-likeness (QED) is 0.407. The first-order chi connectivity index (χ1) is 9.74. The third kappa shape index (κ3) is 6.74. The summed E-state index contributed by atoms with van der Waals surface area (Å²) in [6, 6.07) is 5.75. The standard InChI is InChI=1S/C14H21N5O.HI/c15-14(19-12-8-4-5-9-16-12)17-10-13(20)18-11-6-2-1-3-7-11;/h4-5,8-9,11H,1-3,6-7,10H2,(H,18,20)(H3,15,16,17,19);1H. The van der Waals surface area contributed by atoms with Crippen LogP contribution in [0, 0.1) is 0 Å². The van der Waals surface area contributed by atoms with Crippen LogP contribution in [0.5, 0.6) is 0 Å². The molecule has 21 heavy (non-hydrogen) atoms. The van der Waals surface area contributed by atoms with Gasteiger partial charge in [-0.25, -0.2) is 9.98 Å². The van der Waals surface area contributed by atoms with E-state index in [9.17, 15) is 4.79 Å². The summed E-state index contributed by atoms with van der Waals surface area (Å²) in [5.41, 5.74) is 5.71. The maximum Gasteiger partial charge on any atom is 0.242 e. The molecule has 2 rings (SSSR count). The van der Waals surface area contributed by atoms with Gasteiger partial charge in [-0.3, -0.25) is 4.79 Å². The number of aromatic nitrogens is 1. The van der Waals surface area contributed by atoms with Crippen molar-refractivity contribution in [2.24, 2.45) is 10.7 Å². The lowest BCUT2D eigenvalue weighted by atomic mass is 9.95. The Labute approximate surface area is 142 Å². The molecule has 0 radical (unpaired) electrons. The Hall–Kier alpha value is -1.38. The van der Waals surface area contributed by atoms with E-state index in [-0.39, 0.29) is 42.4 Å². The molecule has 116 valence electrons. The lowest BCUT2D eigenvalue weighted by molar-refractivity contribution is -0.120. The first kappa shape index (κ1) is 17.7. The predicted molar refractivity (Wildman–Crippen MR) is 94.8 cm³/mol. The number of anilines is 1. The molecule has 0 spiro atoms. The average molecular weight is 403 g/mol. The second-order valence-electron chi connectivity index (χ2n) is 4.94. The number of carbonyl (C=O) groups excluding carboxylic acids is 1. The summed E-state index contributed by atoms with van der Waals surface area (Å²) in [4.78, 5) is 19.8. The van der Waals surface area contributed by atoms with Gasteiger partial charge in [0.15, 0.2) is 5.96 Å². The lowest BCUT2D eigenvalue weighted by Gasteiger charge is -2.22. The molecule has 1 fully saturated rings. The number of hydrogen-bond donors (Lipinski definition) is 3. The van der Waals surface area contributed by atoms with E-state index in [2.05, 4.69) is 20.6 Å². The maximum absolute atomic E-state index is 11.8. The van der Waals surface area contributed by atoms with Crippen LogP contribution in [0.4, 0.5) is 5.82 Å². The predicted octanol–water partition coefficient (Wildman–Crippen LogP) is 1.88. The van der Waals surface area contributed by atoms with Crippen LogP contribution < -0.4 is 16.4 Å². The molecular formula is C14H22IN5O. The normalized spacial score (nSPS) is 15.9. The number of halogens is 1. The Balaban J connectivity index is 0.00000220. The largest absolute Gasteiger partial charge is 0.370 e. The number of rotatable bonds is 4. The minimum Gasteiger partial charge on any atom is -0.370 e. The molecule has 0 bridgehead atoms. The molecule has 1 aromatic heterocycles. The fraction of sp³-hybridized carbons (Fsp3) is 0.500. The zero-order valence-corrected chi connectivity index (χ0v) is 14.2. The molecule has 0 unspecified atom stereocenters. The summed E-state index contributed by atoms with van der Waals surface area (Å²) in [6.07, 6.45) is 7.44. The lowest BCUT2D eigenvalue weighted by Crippen LogP contribution is -2.38. The Kier molecular flexibility index (Phi) is 8.03. The van der Waals surface area contributed by atoms with Crippen LogP contribution in [0.25, 0.3) is 0 Å². The van der Waals surface area contributed by atoms with E-state index in [0.717, 1.165) is 12.8 Å². The first-order valence-electron chi connectivity index (χ1n) is 7.01. The fourth-order valence-corrected chi connectivity index (χ4v) is 2.28. The van der Waals surface area contributed by atoms with Gasteiger partial charge in [0.25, 0.3) is 0 Å². The van der Waals surface area contributed by atoms with Gasteiger partial charge in [-0.1, -0.05) is 25.3 Å². The van der Waals surface area contributed by atoms with Crippen molar-refractivity contribution in [2.45, 2.75) is 38.1 Å². The second kappa shape index (κ2) is 9.54. The molecule has 7 heteroatoms. The van der Waals surface area contributed by atoms with Crippen LogP contribution in [0.2, 0.25) is 0 Å². The van der Waals surface area contributed by atoms with Crippen molar-refractivity contribution >= 4 is 41.7 Å². The van der Waals surface area contributed by atoms with E-state index in [1.54, 1.807) is 12.3 Å². The average Bonchev–Trinajstić information content (AvgIpc) is 2.47. The van der Waals surface area contributed by atoms with Gasteiger partial charge >= 0.3 is 0 Å². The highest BCUT2D eigenvalue weighted by Gasteiger charge is 2.15. The highest BCUT2D eigenvalue weighted by molar-refractivity contribution is 14.0. The summed E-state index contributed by atoms with van der Waals surface area (Å²) in [5, 5.41) is 5.83. The summed E-state index contributed by atoms with van der Waals surface area (Å²) >= 11 is 0. The van der Waals surface area contributed by atoms with Crippen molar-refractivity contribution in [1.29, 1.82) is 0 Å². The first-order valence-corrected chi connectivity index (χ1v) is 7.01. The third-order valence-corrected chi connectivity index (χ3v) is 3.28. The van der Waals surface area contributed by atoms with Crippen molar-refractivity contribution in [2.75, 3.05) is 11.9 Å². The Morgan fingerprint density at radius 3 is 2.76 bits per heavy atom. The van der Waals surface area contributed by atoms with Crippen LogP contribution >= 0.6 is 24.0 Å². The number of guanidine groups is 1. The number of nitrogens with two attached hydrogens (primary N) is 1. The van der Waals surface area contributed by atoms with Crippen LogP contribution in [-0.4, -0.2) is 29.4 Å². The monoisotopic (exact) mass is 403 g/mol. The molecule has 6 nitrogen and oxygen atoms in total. The number of amides is 1. The molecule has 1 amide bonds. The summed E-state index contributed by atoms with van der Waals surface area (Å²) in [5.74, 6) is 0.728. The highest BCUT2D eigenvalue weighted by atomic mass is 127. The molecule has 4 N–H and O–H groups in total. The molecule has 1 aliphatic rings. The highest BCUT2D eigenvalue weighted by Crippen LogP contribution is 2.17. The molecular weight excluding hydrogens is 381 g/mol. The van der Waals surface area contributed by atoms with Crippen molar-refractivity contribution in [1.82, 2.24) is 10.3 Å². The minimum absolute atomic E-state index is 0. The number of nitrogens with one attached hydrogen (secondary N) is 2. The van der Waals surface area contributed by atoms with Crippen LogP contribution in [0.1, 0.15) is 32.1 Å². The van der Waals surface area contributed by atoms with E-state index in [1.165, 1.54) is 19.3 Å². The van der Waals surface area contributed by atoms with Crippen LogP contribution in [0.15, 0.2) is 29.4 Å². The fourth-order valence-electron chi connectivity index (χ4n) is 2.28. The molecule has 0 aliphatic heterocycles. The SMILES string of the molecule is I.NC(=NCC(=O)NC1CCCCC1)Nc1ccccn1. The van der Waals surface area contributed by atoms with E-state index in [1.807, 2.05) is 12.1 Å². The zero-order valence-electron chi connectivity index (χ0n) is 11.9. The van der Waals surface area contributed by atoms with Gasteiger partial charge in [0, 0.05) is 12.2 Å². The number of nitrogens with zero attached hydrogens (tertiary/aromatic N) is 2. The minimum atomic E-state index is -0.0809. The van der Waals surface area contributed by atoms with Crippen molar-refractivity contribution in [3.05, 3.63) is 24.4 Å². The number of pyridine rings is 1. The van der Waals surface area contributed by atoms with Crippen LogP contribution in [-0.2, 0) is 4.79 Å². The molecule has 1 aliphatic carbocycles. The van der Waals surface area contributed by atoms with Gasteiger partial charge in [-0.15, -0.1) is 24.0 Å². The zero-order chi connectivity index (χ0) is 14.2. The van der Waals surface area contributed by atoms with E-state index < -0.39 is 0 Å². The Morgan fingerprint density at radius 2 is 2.10 bits per heavy atom.